The Bertz CT molecular complexity index is 230. The van der Waals surface area contributed by atoms with Gasteiger partial charge in [0.1, 0.15) is 0 Å². The summed E-state index contributed by atoms with van der Waals surface area (Å²) in [7, 11) is 0. The van der Waals surface area contributed by atoms with Gasteiger partial charge in [0, 0.05) is 6.61 Å². The number of aliphatic hydroxyl groups is 1. The average Bonchev–Trinajstić information content (AvgIpc) is 2.72. The van der Waals surface area contributed by atoms with E-state index in [0.717, 1.165) is 12.8 Å². The molecule has 1 rings (SSSR count). The molecule has 0 saturated carbocycles. The van der Waals surface area contributed by atoms with Crippen molar-refractivity contribution in [2.24, 2.45) is 11.8 Å². The first kappa shape index (κ1) is 13.5. The first-order valence-corrected chi connectivity index (χ1v) is 6.13. The maximum atomic E-state index is 12.0. The Morgan fingerprint density at radius 2 is 2.25 bits per heavy atom. The summed E-state index contributed by atoms with van der Waals surface area (Å²) < 4.78 is 5.49. The summed E-state index contributed by atoms with van der Waals surface area (Å²) in [5, 5.41) is 12.1. The summed E-state index contributed by atoms with van der Waals surface area (Å²) in [5.41, 5.74) is 0. The molecule has 1 aliphatic heterocycles. The van der Waals surface area contributed by atoms with Gasteiger partial charge < -0.3 is 15.2 Å². The Morgan fingerprint density at radius 1 is 1.56 bits per heavy atom. The number of hydrogen-bond donors (Lipinski definition) is 2. The molecule has 0 spiro atoms. The minimum atomic E-state index is -0.148. The van der Waals surface area contributed by atoms with E-state index in [9.17, 15) is 4.79 Å². The number of nitrogens with one attached hydrogen (secondary N) is 1. The minimum Gasteiger partial charge on any atom is -0.394 e. The van der Waals surface area contributed by atoms with Crippen molar-refractivity contribution in [2.75, 3.05) is 13.2 Å². The second-order valence-corrected chi connectivity index (χ2v) is 4.75. The van der Waals surface area contributed by atoms with Crippen LogP contribution in [0.25, 0.3) is 0 Å². The molecule has 4 nitrogen and oxygen atoms in total. The first-order chi connectivity index (χ1) is 7.60. The van der Waals surface area contributed by atoms with Gasteiger partial charge in [0.05, 0.1) is 24.7 Å². The number of carbonyl (C=O) groups is 1. The highest BCUT2D eigenvalue weighted by atomic mass is 16.5. The van der Waals surface area contributed by atoms with Crippen LogP contribution in [0, 0.1) is 11.8 Å². The van der Waals surface area contributed by atoms with Crippen LogP contribution in [0.15, 0.2) is 0 Å². The lowest BCUT2D eigenvalue weighted by molar-refractivity contribution is -0.128. The van der Waals surface area contributed by atoms with E-state index < -0.39 is 0 Å². The van der Waals surface area contributed by atoms with Crippen molar-refractivity contribution in [1.82, 2.24) is 5.32 Å². The summed E-state index contributed by atoms with van der Waals surface area (Å²) in [6.45, 7) is 6.67. The van der Waals surface area contributed by atoms with Crippen LogP contribution in [0.5, 0.6) is 0 Å². The van der Waals surface area contributed by atoms with E-state index >= 15 is 0 Å². The third-order valence-electron chi connectivity index (χ3n) is 3.28. The second-order valence-electron chi connectivity index (χ2n) is 4.75. The zero-order valence-electron chi connectivity index (χ0n) is 10.4. The molecule has 3 unspecified atom stereocenters. The van der Waals surface area contributed by atoms with E-state index in [0.29, 0.717) is 6.61 Å². The molecule has 0 aromatic carbocycles. The van der Waals surface area contributed by atoms with Crippen molar-refractivity contribution >= 4 is 5.91 Å². The Labute approximate surface area is 97.4 Å². The molecule has 0 aromatic heterocycles. The van der Waals surface area contributed by atoms with E-state index in [4.69, 9.17) is 9.84 Å². The highest BCUT2D eigenvalue weighted by molar-refractivity contribution is 5.79. The number of ether oxygens (including phenoxy) is 1. The molecule has 1 heterocycles. The zero-order chi connectivity index (χ0) is 12.1. The third-order valence-corrected chi connectivity index (χ3v) is 3.28. The van der Waals surface area contributed by atoms with Crippen molar-refractivity contribution < 1.29 is 14.6 Å². The van der Waals surface area contributed by atoms with E-state index in [1.54, 1.807) is 0 Å². The first-order valence-electron chi connectivity index (χ1n) is 6.13. The number of rotatable bonds is 5. The molecule has 1 fully saturated rings. The van der Waals surface area contributed by atoms with Crippen molar-refractivity contribution in [3.8, 4) is 0 Å². The van der Waals surface area contributed by atoms with Gasteiger partial charge in [-0.2, -0.15) is 0 Å². The van der Waals surface area contributed by atoms with Crippen molar-refractivity contribution in [1.29, 1.82) is 0 Å². The predicted molar refractivity (Wildman–Crippen MR) is 62.0 cm³/mol. The molecule has 1 amide bonds. The molecule has 0 aromatic rings. The Kier molecular flexibility index (Phi) is 5.22. The fourth-order valence-corrected chi connectivity index (χ4v) is 2.06. The number of amides is 1. The van der Waals surface area contributed by atoms with E-state index in [1.165, 1.54) is 0 Å². The Hall–Kier alpha value is -0.610. The lowest BCUT2D eigenvalue weighted by Gasteiger charge is -2.23. The lowest BCUT2D eigenvalue weighted by atomic mass is 9.97. The van der Waals surface area contributed by atoms with Gasteiger partial charge in [-0.05, 0) is 18.8 Å². The van der Waals surface area contributed by atoms with Crippen LogP contribution in [-0.2, 0) is 9.53 Å². The molecular weight excluding hydrogens is 206 g/mol. The summed E-state index contributed by atoms with van der Waals surface area (Å²) in [6, 6.07) is -0.148. The molecule has 0 bridgehead atoms. The van der Waals surface area contributed by atoms with Crippen molar-refractivity contribution in [2.45, 2.75) is 45.8 Å². The van der Waals surface area contributed by atoms with Gasteiger partial charge in [0.15, 0.2) is 0 Å². The van der Waals surface area contributed by atoms with Crippen molar-refractivity contribution in [3.63, 3.8) is 0 Å². The molecule has 3 atom stereocenters. The number of carbonyl (C=O) groups excluding carboxylic acids is 1. The molecule has 0 radical (unpaired) electrons. The maximum Gasteiger partial charge on any atom is 0.226 e. The third kappa shape index (κ3) is 3.19. The summed E-state index contributed by atoms with van der Waals surface area (Å²) in [5.74, 6) is 0.228. The molecule has 1 aliphatic rings. The smallest absolute Gasteiger partial charge is 0.226 e. The van der Waals surface area contributed by atoms with Gasteiger partial charge in [-0.3, -0.25) is 4.79 Å². The molecule has 16 heavy (non-hydrogen) atoms. The van der Waals surface area contributed by atoms with Crippen LogP contribution in [0.4, 0.5) is 0 Å². The van der Waals surface area contributed by atoms with Gasteiger partial charge in [0.25, 0.3) is 0 Å². The normalized spacial score (nSPS) is 27.1. The molecular formula is C12H23NO3. The van der Waals surface area contributed by atoms with Crippen LogP contribution in [0.3, 0.4) is 0 Å². The quantitative estimate of drug-likeness (QED) is 0.737. The van der Waals surface area contributed by atoms with E-state index in [2.05, 4.69) is 5.32 Å². The highest BCUT2D eigenvalue weighted by Crippen LogP contribution is 2.23. The van der Waals surface area contributed by atoms with Crippen LogP contribution >= 0.6 is 0 Å². The average molecular weight is 229 g/mol. The predicted octanol–water partition coefficient (Wildman–Crippen LogP) is 0.935. The largest absolute Gasteiger partial charge is 0.394 e. The summed E-state index contributed by atoms with van der Waals surface area (Å²) in [6.07, 6.45) is 1.70. The number of aliphatic hydroxyl groups excluding tert-OH is 1. The Balaban J connectivity index is 2.50. The molecule has 2 N–H and O–H groups in total. The van der Waals surface area contributed by atoms with Gasteiger partial charge in [-0.1, -0.05) is 20.8 Å². The number of hydrogen-bond acceptors (Lipinski definition) is 3. The molecule has 1 saturated heterocycles. The monoisotopic (exact) mass is 229 g/mol. The topological polar surface area (TPSA) is 58.6 Å². The van der Waals surface area contributed by atoms with Crippen LogP contribution in [0.2, 0.25) is 0 Å². The SMILES string of the molecule is CCC1OCCC1C(=O)NC(CO)C(C)C. The summed E-state index contributed by atoms with van der Waals surface area (Å²) >= 11 is 0. The van der Waals surface area contributed by atoms with Crippen LogP contribution in [0.1, 0.15) is 33.6 Å². The minimum absolute atomic E-state index is 0.00618. The summed E-state index contributed by atoms with van der Waals surface area (Å²) in [4.78, 5) is 12.0. The highest BCUT2D eigenvalue weighted by Gasteiger charge is 2.33. The van der Waals surface area contributed by atoms with Crippen LogP contribution < -0.4 is 5.32 Å². The Morgan fingerprint density at radius 3 is 2.75 bits per heavy atom. The fraction of sp³-hybridized carbons (Fsp3) is 0.917. The standard InChI is InChI=1S/C12H23NO3/c1-4-11-9(5-6-16-11)12(15)13-10(7-14)8(2)3/h8-11,14H,4-7H2,1-3H3,(H,13,15). The molecule has 4 heteroatoms. The fourth-order valence-electron chi connectivity index (χ4n) is 2.06. The van der Waals surface area contributed by atoms with Gasteiger partial charge in [-0.25, -0.2) is 0 Å². The van der Waals surface area contributed by atoms with E-state index in [1.807, 2.05) is 20.8 Å². The van der Waals surface area contributed by atoms with Gasteiger partial charge in [-0.15, -0.1) is 0 Å². The van der Waals surface area contributed by atoms with Crippen LogP contribution in [-0.4, -0.2) is 36.4 Å². The van der Waals surface area contributed by atoms with Crippen molar-refractivity contribution in [3.05, 3.63) is 0 Å². The molecule has 0 aliphatic carbocycles. The van der Waals surface area contributed by atoms with E-state index in [-0.39, 0.29) is 36.5 Å². The maximum absolute atomic E-state index is 12.0. The van der Waals surface area contributed by atoms with Gasteiger partial charge >= 0.3 is 0 Å². The van der Waals surface area contributed by atoms with Gasteiger partial charge in [0.2, 0.25) is 5.91 Å². The second kappa shape index (κ2) is 6.21. The lowest BCUT2D eigenvalue weighted by Crippen LogP contribution is -2.45. The zero-order valence-corrected chi connectivity index (χ0v) is 10.4. The molecule has 94 valence electrons.